The molecule has 100 valence electrons. The predicted octanol–water partition coefficient (Wildman–Crippen LogP) is 5.70. The first-order chi connectivity index (χ1) is 7.89. The van der Waals surface area contributed by atoms with Crippen molar-refractivity contribution in [2.45, 2.75) is 86.0 Å². The molecule has 0 aliphatic heterocycles. The molecule has 0 aromatic carbocycles. The Morgan fingerprint density at radius 2 is 1.65 bits per heavy atom. The van der Waals surface area contributed by atoms with Gasteiger partial charge in [0.05, 0.1) is 6.07 Å². The summed E-state index contributed by atoms with van der Waals surface area (Å²) < 4.78 is 0. The first-order valence-corrected chi connectivity index (χ1v) is 7.26. The van der Waals surface area contributed by atoms with Crippen LogP contribution in [-0.2, 0) is 0 Å². The van der Waals surface area contributed by atoms with Gasteiger partial charge in [0.2, 0.25) is 0 Å². The van der Waals surface area contributed by atoms with Gasteiger partial charge in [0.25, 0.3) is 0 Å². The smallest absolute Gasteiger partial charge is 0.0621 e. The Labute approximate surface area is 109 Å². The molecular weight excluding hydrogens is 206 g/mol. The summed E-state index contributed by atoms with van der Waals surface area (Å²) in [6, 6.07) is 2.28. The lowest BCUT2D eigenvalue weighted by Crippen LogP contribution is -2.25. The molecule has 1 unspecified atom stereocenters. The van der Waals surface area contributed by atoms with Crippen molar-refractivity contribution in [3.05, 3.63) is 0 Å². The van der Waals surface area contributed by atoms with Gasteiger partial charge in [-0.2, -0.15) is 5.26 Å². The Morgan fingerprint density at radius 1 is 1.00 bits per heavy atom. The minimum atomic E-state index is 0.312. The van der Waals surface area contributed by atoms with Crippen LogP contribution in [0.25, 0.3) is 0 Å². The highest BCUT2D eigenvalue weighted by Gasteiger charge is 2.30. The zero-order chi connectivity index (χ0) is 13.4. The lowest BCUT2D eigenvalue weighted by atomic mass is 9.68. The van der Waals surface area contributed by atoms with Crippen LogP contribution in [0.3, 0.4) is 0 Å². The van der Waals surface area contributed by atoms with E-state index < -0.39 is 0 Å². The zero-order valence-electron chi connectivity index (χ0n) is 12.6. The summed E-state index contributed by atoms with van der Waals surface area (Å²) in [5, 5.41) is 8.71. The number of hydrogen-bond acceptors (Lipinski definition) is 1. The van der Waals surface area contributed by atoms with Crippen molar-refractivity contribution in [3.8, 4) is 6.07 Å². The van der Waals surface area contributed by atoms with E-state index in [-0.39, 0.29) is 0 Å². The van der Waals surface area contributed by atoms with E-state index >= 15 is 0 Å². The molecule has 0 aliphatic rings. The average molecular weight is 237 g/mol. The van der Waals surface area contributed by atoms with Crippen molar-refractivity contribution in [1.82, 2.24) is 0 Å². The minimum absolute atomic E-state index is 0.312. The molecule has 0 bridgehead atoms. The fraction of sp³-hybridized carbons (Fsp3) is 0.938. The van der Waals surface area contributed by atoms with Crippen molar-refractivity contribution in [2.24, 2.45) is 10.8 Å². The van der Waals surface area contributed by atoms with Crippen molar-refractivity contribution in [3.63, 3.8) is 0 Å². The Morgan fingerprint density at radius 3 is 2.12 bits per heavy atom. The van der Waals surface area contributed by atoms with E-state index in [2.05, 4.69) is 40.7 Å². The SMILES string of the molecule is CCCCCC(C)(CC)CC(C)(C)CCC#N. The maximum atomic E-state index is 8.71. The fourth-order valence-electron chi connectivity index (χ4n) is 2.83. The molecule has 17 heavy (non-hydrogen) atoms. The Kier molecular flexibility index (Phi) is 7.51. The number of nitrogens with zero attached hydrogens (tertiary/aromatic N) is 1. The van der Waals surface area contributed by atoms with Gasteiger partial charge < -0.3 is 0 Å². The van der Waals surface area contributed by atoms with Crippen LogP contribution >= 0.6 is 0 Å². The van der Waals surface area contributed by atoms with Gasteiger partial charge in [-0.3, -0.25) is 0 Å². The van der Waals surface area contributed by atoms with Crippen LogP contribution in [0.5, 0.6) is 0 Å². The molecule has 0 rings (SSSR count). The average Bonchev–Trinajstić information content (AvgIpc) is 2.26. The molecule has 0 saturated heterocycles. The van der Waals surface area contributed by atoms with E-state index in [1.54, 1.807) is 0 Å². The molecule has 0 aliphatic carbocycles. The van der Waals surface area contributed by atoms with E-state index in [9.17, 15) is 0 Å². The summed E-state index contributed by atoms with van der Waals surface area (Å²) in [6.07, 6.45) is 9.59. The van der Waals surface area contributed by atoms with Gasteiger partial charge in [0.1, 0.15) is 0 Å². The topological polar surface area (TPSA) is 23.8 Å². The molecule has 1 atom stereocenters. The standard InChI is InChI=1S/C16H31N/c1-6-8-9-12-16(5,7-2)14-15(3,4)11-10-13-17/h6-12,14H2,1-5H3. The Bertz CT molecular complexity index is 236. The fourth-order valence-corrected chi connectivity index (χ4v) is 2.83. The third kappa shape index (κ3) is 7.42. The molecule has 0 spiro atoms. The molecule has 0 radical (unpaired) electrons. The maximum absolute atomic E-state index is 8.71. The second-order valence-electron chi connectivity index (χ2n) is 6.62. The quantitative estimate of drug-likeness (QED) is 0.472. The lowest BCUT2D eigenvalue weighted by molar-refractivity contribution is 0.146. The van der Waals surface area contributed by atoms with Gasteiger partial charge in [-0.25, -0.2) is 0 Å². The number of unbranched alkanes of at least 4 members (excludes halogenated alkanes) is 2. The number of nitriles is 1. The molecular formula is C16H31N. The summed E-state index contributed by atoms with van der Waals surface area (Å²) in [7, 11) is 0. The largest absolute Gasteiger partial charge is 0.198 e. The Balaban J connectivity index is 4.29. The molecule has 0 aromatic rings. The Hall–Kier alpha value is -0.510. The molecule has 0 fully saturated rings. The first-order valence-electron chi connectivity index (χ1n) is 7.26. The highest BCUT2D eigenvalue weighted by Crippen LogP contribution is 2.42. The second-order valence-corrected chi connectivity index (χ2v) is 6.62. The predicted molar refractivity (Wildman–Crippen MR) is 75.8 cm³/mol. The highest BCUT2D eigenvalue weighted by molar-refractivity contribution is 4.84. The minimum Gasteiger partial charge on any atom is -0.198 e. The van der Waals surface area contributed by atoms with E-state index in [4.69, 9.17) is 5.26 Å². The van der Waals surface area contributed by atoms with Gasteiger partial charge in [0.15, 0.2) is 0 Å². The van der Waals surface area contributed by atoms with Crippen LogP contribution in [0, 0.1) is 22.2 Å². The summed E-state index contributed by atoms with van der Waals surface area (Å²) in [5.74, 6) is 0. The van der Waals surface area contributed by atoms with Crippen LogP contribution in [-0.4, -0.2) is 0 Å². The van der Waals surface area contributed by atoms with Crippen LogP contribution in [0.1, 0.15) is 86.0 Å². The van der Waals surface area contributed by atoms with Gasteiger partial charge in [-0.1, -0.05) is 60.3 Å². The normalized spacial score (nSPS) is 15.3. The van der Waals surface area contributed by atoms with Crippen LogP contribution < -0.4 is 0 Å². The summed E-state index contributed by atoms with van der Waals surface area (Å²) in [5.41, 5.74) is 0.779. The third-order valence-corrected chi connectivity index (χ3v) is 4.06. The zero-order valence-corrected chi connectivity index (χ0v) is 12.6. The first kappa shape index (κ1) is 16.5. The molecule has 0 amide bonds. The van der Waals surface area contributed by atoms with Gasteiger partial charge in [0, 0.05) is 6.42 Å². The molecule has 0 heterocycles. The lowest BCUT2D eigenvalue weighted by Gasteiger charge is -2.37. The number of rotatable bonds is 9. The third-order valence-electron chi connectivity index (χ3n) is 4.06. The van der Waals surface area contributed by atoms with Crippen molar-refractivity contribution in [1.29, 1.82) is 5.26 Å². The molecule has 1 heteroatoms. The highest BCUT2D eigenvalue weighted by atomic mass is 14.4. The van der Waals surface area contributed by atoms with Gasteiger partial charge in [-0.15, -0.1) is 0 Å². The van der Waals surface area contributed by atoms with Crippen molar-refractivity contribution < 1.29 is 0 Å². The van der Waals surface area contributed by atoms with Gasteiger partial charge >= 0.3 is 0 Å². The molecule has 0 saturated carbocycles. The van der Waals surface area contributed by atoms with Gasteiger partial charge in [-0.05, 0) is 30.1 Å². The molecule has 0 N–H and O–H groups in total. The molecule has 0 aromatic heterocycles. The number of hydrogen-bond donors (Lipinski definition) is 0. The molecule has 1 nitrogen and oxygen atoms in total. The monoisotopic (exact) mass is 237 g/mol. The second kappa shape index (κ2) is 7.75. The van der Waals surface area contributed by atoms with Crippen LogP contribution in [0.15, 0.2) is 0 Å². The summed E-state index contributed by atoms with van der Waals surface area (Å²) in [6.45, 7) is 11.6. The summed E-state index contributed by atoms with van der Waals surface area (Å²) >= 11 is 0. The van der Waals surface area contributed by atoms with E-state index in [0.717, 1.165) is 6.42 Å². The van der Waals surface area contributed by atoms with Crippen LogP contribution in [0.2, 0.25) is 0 Å². The summed E-state index contributed by atoms with van der Waals surface area (Å²) in [4.78, 5) is 0. The maximum Gasteiger partial charge on any atom is 0.0621 e. The van der Waals surface area contributed by atoms with Crippen molar-refractivity contribution >= 4 is 0 Å². The van der Waals surface area contributed by atoms with E-state index in [1.165, 1.54) is 38.5 Å². The van der Waals surface area contributed by atoms with E-state index in [0.29, 0.717) is 17.3 Å². The van der Waals surface area contributed by atoms with Crippen molar-refractivity contribution in [2.75, 3.05) is 0 Å². The van der Waals surface area contributed by atoms with Crippen LogP contribution in [0.4, 0.5) is 0 Å². The van der Waals surface area contributed by atoms with E-state index in [1.807, 2.05) is 0 Å².